The Hall–Kier alpha value is -2.22. The first kappa shape index (κ1) is 28.0. The molecule has 2 N–H and O–H groups in total. The summed E-state index contributed by atoms with van der Waals surface area (Å²) in [6.45, 7) is 17.0. The van der Waals surface area contributed by atoms with Crippen LogP contribution in [0.1, 0.15) is 77.6 Å². The Labute approximate surface area is 209 Å². The van der Waals surface area contributed by atoms with Crippen molar-refractivity contribution in [3.8, 4) is 0 Å². The maximum Gasteiger partial charge on any atom is 0.408 e. The van der Waals surface area contributed by atoms with E-state index in [0.717, 1.165) is 23.1 Å². The molecule has 34 heavy (non-hydrogen) atoms. The van der Waals surface area contributed by atoms with Gasteiger partial charge in [-0.2, -0.15) is 12.6 Å². The van der Waals surface area contributed by atoms with Crippen molar-refractivity contribution in [1.82, 2.24) is 15.5 Å². The summed E-state index contributed by atoms with van der Waals surface area (Å²) in [6.07, 6.45) is 0.104. The second kappa shape index (κ2) is 10.6. The molecule has 1 aromatic rings. The lowest BCUT2D eigenvalue weighted by molar-refractivity contribution is -0.143. The smallest absolute Gasteiger partial charge is 0.408 e. The average Bonchev–Trinajstić information content (AvgIpc) is 3.37. The number of hydrogen-bond donors (Lipinski definition) is 3. The number of benzene rings is 1. The molecular formula is C26H41N3O4S. The minimum Gasteiger partial charge on any atom is -0.444 e. The molecule has 4 unspecified atom stereocenters. The van der Waals surface area contributed by atoms with E-state index in [1.165, 1.54) is 0 Å². The Morgan fingerprint density at radius 2 is 1.74 bits per heavy atom. The van der Waals surface area contributed by atoms with E-state index in [1.807, 2.05) is 52.8 Å². The number of aryl methyl sites for hydroxylation is 2. The minimum absolute atomic E-state index is 0.0795. The molecule has 1 saturated carbocycles. The predicted molar refractivity (Wildman–Crippen MR) is 138 cm³/mol. The highest BCUT2D eigenvalue weighted by Gasteiger charge is 2.48. The van der Waals surface area contributed by atoms with Gasteiger partial charge in [-0.25, -0.2) is 4.79 Å². The highest BCUT2D eigenvalue weighted by molar-refractivity contribution is 7.80. The van der Waals surface area contributed by atoms with Crippen molar-refractivity contribution in [2.75, 3.05) is 5.75 Å². The molecule has 1 aliphatic carbocycles. The third kappa shape index (κ3) is 7.65. The second-order valence-corrected chi connectivity index (χ2v) is 11.8. The van der Waals surface area contributed by atoms with E-state index in [4.69, 9.17) is 4.74 Å². The van der Waals surface area contributed by atoms with Gasteiger partial charge in [0.15, 0.2) is 0 Å². The molecule has 1 aliphatic rings. The van der Waals surface area contributed by atoms with Gasteiger partial charge in [0.25, 0.3) is 0 Å². The lowest BCUT2D eigenvalue weighted by Gasteiger charge is -2.37. The van der Waals surface area contributed by atoms with Gasteiger partial charge in [-0.3, -0.25) is 9.59 Å². The van der Waals surface area contributed by atoms with E-state index >= 15 is 0 Å². The molecule has 0 spiro atoms. The molecule has 0 heterocycles. The number of rotatable bonds is 7. The molecule has 0 radical (unpaired) electrons. The second-order valence-electron chi connectivity index (χ2n) is 11.4. The van der Waals surface area contributed by atoms with Gasteiger partial charge in [0.2, 0.25) is 11.8 Å². The molecule has 0 aromatic heterocycles. The van der Waals surface area contributed by atoms with Crippen LogP contribution in [0.3, 0.4) is 0 Å². The molecule has 4 atom stereocenters. The summed E-state index contributed by atoms with van der Waals surface area (Å²) in [5, 5.41) is 5.71. The van der Waals surface area contributed by atoms with Crippen LogP contribution in [0, 0.1) is 19.8 Å². The molecule has 2 rings (SSSR count). The zero-order valence-corrected chi connectivity index (χ0v) is 22.9. The summed E-state index contributed by atoms with van der Waals surface area (Å²) in [6, 6.07) is 4.02. The number of carbonyl (C=O) groups is 3. The first-order valence-corrected chi connectivity index (χ1v) is 12.5. The average molecular weight is 492 g/mol. The van der Waals surface area contributed by atoms with E-state index in [-0.39, 0.29) is 29.5 Å². The quantitative estimate of drug-likeness (QED) is 0.496. The first-order chi connectivity index (χ1) is 15.5. The Bertz CT molecular complexity index is 920. The zero-order valence-electron chi connectivity index (χ0n) is 22.0. The molecule has 0 aliphatic heterocycles. The number of nitrogens with one attached hydrogen (secondary N) is 2. The lowest BCUT2D eigenvalue weighted by atomic mass is 9.95. The molecule has 1 fully saturated rings. The number of ether oxygens (including phenoxy) is 1. The van der Waals surface area contributed by atoms with Crippen LogP contribution in [0.2, 0.25) is 0 Å². The minimum atomic E-state index is -0.929. The summed E-state index contributed by atoms with van der Waals surface area (Å²) in [5.74, 6) is -0.260. The van der Waals surface area contributed by atoms with Crippen molar-refractivity contribution in [3.63, 3.8) is 0 Å². The highest BCUT2D eigenvalue weighted by Crippen LogP contribution is 2.41. The molecule has 1 aromatic carbocycles. The third-order valence-corrected chi connectivity index (χ3v) is 5.96. The summed E-state index contributed by atoms with van der Waals surface area (Å²) >= 11 is 4.34. The van der Waals surface area contributed by atoms with Gasteiger partial charge in [0.05, 0.1) is 0 Å². The van der Waals surface area contributed by atoms with Crippen LogP contribution in [-0.4, -0.2) is 51.8 Å². The largest absolute Gasteiger partial charge is 0.444 e. The van der Waals surface area contributed by atoms with Gasteiger partial charge in [-0.05, 0) is 78.9 Å². The molecule has 0 saturated heterocycles. The van der Waals surface area contributed by atoms with Gasteiger partial charge in [0.1, 0.15) is 17.7 Å². The highest BCUT2D eigenvalue weighted by atomic mass is 32.1. The van der Waals surface area contributed by atoms with Crippen molar-refractivity contribution in [2.45, 2.75) is 98.0 Å². The van der Waals surface area contributed by atoms with Crippen molar-refractivity contribution in [3.05, 3.63) is 34.9 Å². The maximum atomic E-state index is 13.9. The normalized spacial score (nSPS) is 19.6. The standard InChI is InChI=1S/C26H41N3O4S/c1-15-10-11-18(16(2)12-15)21(22(30)28-25(4,5)6)29(20-13-17(20)3)23(31)19(14-34)27-24(32)33-26(7,8)9/h10-12,17,19-21,34H,13-14H2,1-9H3,(H,27,32)(H,28,30). The van der Waals surface area contributed by atoms with E-state index in [2.05, 4.69) is 30.2 Å². The summed E-state index contributed by atoms with van der Waals surface area (Å²) in [7, 11) is 0. The van der Waals surface area contributed by atoms with Crippen LogP contribution in [-0.2, 0) is 14.3 Å². The summed E-state index contributed by atoms with van der Waals surface area (Å²) < 4.78 is 5.35. The Balaban J connectivity index is 2.50. The van der Waals surface area contributed by atoms with Crippen molar-refractivity contribution < 1.29 is 19.1 Å². The Kier molecular flexibility index (Phi) is 8.72. The molecule has 0 bridgehead atoms. The van der Waals surface area contributed by atoms with Crippen LogP contribution in [0.25, 0.3) is 0 Å². The maximum absolute atomic E-state index is 13.9. The number of hydrogen-bond acceptors (Lipinski definition) is 5. The SMILES string of the molecule is Cc1ccc(C(C(=O)NC(C)(C)C)N(C(=O)C(CS)NC(=O)OC(C)(C)C)C2CC2C)c(C)c1. The van der Waals surface area contributed by atoms with Crippen LogP contribution in [0.4, 0.5) is 4.79 Å². The van der Waals surface area contributed by atoms with Gasteiger partial charge in [-0.1, -0.05) is 30.7 Å². The fraction of sp³-hybridized carbons (Fsp3) is 0.654. The molecule has 8 heteroatoms. The number of amides is 3. The van der Waals surface area contributed by atoms with Gasteiger partial charge in [0, 0.05) is 17.3 Å². The van der Waals surface area contributed by atoms with E-state index < -0.39 is 29.3 Å². The fourth-order valence-electron chi connectivity index (χ4n) is 3.98. The van der Waals surface area contributed by atoms with Crippen LogP contribution >= 0.6 is 12.6 Å². The fourth-order valence-corrected chi connectivity index (χ4v) is 4.22. The van der Waals surface area contributed by atoms with Crippen LogP contribution < -0.4 is 10.6 Å². The zero-order chi connectivity index (χ0) is 26.0. The molecule has 190 valence electrons. The van der Waals surface area contributed by atoms with E-state index in [9.17, 15) is 14.4 Å². The number of carbonyl (C=O) groups excluding carboxylic acids is 3. The van der Waals surface area contributed by atoms with Crippen molar-refractivity contribution >= 4 is 30.5 Å². The summed E-state index contributed by atoms with van der Waals surface area (Å²) in [5.41, 5.74) is 1.61. The monoisotopic (exact) mass is 491 g/mol. The summed E-state index contributed by atoms with van der Waals surface area (Å²) in [4.78, 5) is 41.7. The number of nitrogens with zero attached hydrogens (tertiary/aromatic N) is 1. The van der Waals surface area contributed by atoms with Crippen LogP contribution in [0.5, 0.6) is 0 Å². The Morgan fingerprint density at radius 3 is 2.18 bits per heavy atom. The van der Waals surface area contributed by atoms with Gasteiger partial charge < -0.3 is 20.3 Å². The molecular weight excluding hydrogens is 450 g/mol. The Morgan fingerprint density at radius 1 is 1.15 bits per heavy atom. The van der Waals surface area contributed by atoms with Gasteiger partial charge >= 0.3 is 6.09 Å². The topological polar surface area (TPSA) is 87.7 Å². The predicted octanol–water partition coefficient (Wildman–Crippen LogP) is 4.32. The lowest BCUT2D eigenvalue weighted by Crippen LogP contribution is -2.56. The molecule has 7 nitrogen and oxygen atoms in total. The van der Waals surface area contributed by atoms with Gasteiger partial charge in [-0.15, -0.1) is 0 Å². The number of thiol groups is 1. The number of alkyl carbamates (subject to hydrolysis) is 1. The van der Waals surface area contributed by atoms with Crippen molar-refractivity contribution in [2.24, 2.45) is 5.92 Å². The first-order valence-electron chi connectivity index (χ1n) is 11.9. The van der Waals surface area contributed by atoms with Crippen LogP contribution in [0.15, 0.2) is 18.2 Å². The van der Waals surface area contributed by atoms with E-state index in [0.29, 0.717) is 0 Å². The van der Waals surface area contributed by atoms with Crippen molar-refractivity contribution in [1.29, 1.82) is 0 Å². The third-order valence-electron chi connectivity index (χ3n) is 5.60. The van der Waals surface area contributed by atoms with E-state index in [1.54, 1.807) is 25.7 Å². The molecule has 3 amide bonds.